The highest BCUT2D eigenvalue weighted by Crippen LogP contribution is 2.23. The summed E-state index contributed by atoms with van der Waals surface area (Å²) in [5.41, 5.74) is 1.38. The van der Waals surface area contributed by atoms with E-state index in [4.69, 9.17) is 4.74 Å². The van der Waals surface area contributed by atoms with Gasteiger partial charge in [-0.25, -0.2) is 0 Å². The lowest BCUT2D eigenvalue weighted by atomic mass is 9.98. The standard InChI is InChI=1S/C14H22N2O/c1-16(2)14(12-6-4-3-5-7-12)10-13-11-17-9-8-15-13/h3-7,13-15H,8-11H2,1-2H3. The van der Waals surface area contributed by atoms with Gasteiger partial charge < -0.3 is 15.0 Å². The van der Waals surface area contributed by atoms with Crippen molar-refractivity contribution in [3.63, 3.8) is 0 Å². The lowest BCUT2D eigenvalue weighted by Gasteiger charge is -2.31. The van der Waals surface area contributed by atoms with Gasteiger partial charge in [0.25, 0.3) is 0 Å². The van der Waals surface area contributed by atoms with Crippen molar-refractivity contribution in [2.45, 2.75) is 18.5 Å². The molecule has 1 aromatic carbocycles. The van der Waals surface area contributed by atoms with Gasteiger partial charge in [0.2, 0.25) is 0 Å². The monoisotopic (exact) mass is 234 g/mol. The van der Waals surface area contributed by atoms with E-state index in [0.29, 0.717) is 12.1 Å². The van der Waals surface area contributed by atoms with Gasteiger partial charge in [-0.1, -0.05) is 30.3 Å². The van der Waals surface area contributed by atoms with Crippen molar-refractivity contribution in [1.82, 2.24) is 10.2 Å². The van der Waals surface area contributed by atoms with Crippen LogP contribution in [-0.4, -0.2) is 44.8 Å². The lowest BCUT2D eigenvalue weighted by Crippen LogP contribution is -2.43. The van der Waals surface area contributed by atoms with Crippen LogP contribution in [0.4, 0.5) is 0 Å². The molecule has 0 aliphatic carbocycles. The molecule has 0 spiro atoms. The molecule has 17 heavy (non-hydrogen) atoms. The van der Waals surface area contributed by atoms with Crippen molar-refractivity contribution in [3.8, 4) is 0 Å². The van der Waals surface area contributed by atoms with Crippen LogP contribution in [0, 0.1) is 0 Å². The van der Waals surface area contributed by atoms with Gasteiger partial charge in [-0.05, 0) is 26.1 Å². The van der Waals surface area contributed by atoms with Gasteiger partial charge >= 0.3 is 0 Å². The Hall–Kier alpha value is -0.900. The molecule has 1 aliphatic heterocycles. The summed E-state index contributed by atoms with van der Waals surface area (Å²) < 4.78 is 5.52. The summed E-state index contributed by atoms with van der Waals surface area (Å²) in [4.78, 5) is 2.28. The predicted octanol–water partition coefficient (Wildman–Crippen LogP) is 1.67. The van der Waals surface area contributed by atoms with Crippen LogP contribution >= 0.6 is 0 Å². The summed E-state index contributed by atoms with van der Waals surface area (Å²) in [7, 11) is 4.28. The van der Waals surface area contributed by atoms with Crippen molar-refractivity contribution >= 4 is 0 Å². The Bertz CT molecular complexity index is 320. The molecule has 1 aliphatic rings. The largest absolute Gasteiger partial charge is 0.379 e. The van der Waals surface area contributed by atoms with E-state index in [0.717, 1.165) is 26.2 Å². The Kier molecular flexibility index (Phi) is 4.54. The summed E-state index contributed by atoms with van der Waals surface area (Å²) in [6, 6.07) is 11.6. The summed E-state index contributed by atoms with van der Waals surface area (Å²) >= 11 is 0. The number of hydrogen-bond donors (Lipinski definition) is 1. The summed E-state index contributed by atoms with van der Waals surface area (Å²) in [6.45, 7) is 2.64. The molecule has 1 N–H and O–H groups in total. The van der Waals surface area contributed by atoms with Gasteiger partial charge in [0.15, 0.2) is 0 Å². The van der Waals surface area contributed by atoms with Gasteiger partial charge in [-0.15, -0.1) is 0 Å². The molecular weight excluding hydrogens is 212 g/mol. The zero-order valence-electron chi connectivity index (χ0n) is 10.7. The molecule has 0 bridgehead atoms. The molecule has 1 heterocycles. The molecule has 3 nitrogen and oxygen atoms in total. The molecule has 0 radical (unpaired) electrons. The molecule has 2 rings (SSSR count). The van der Waals surface area contributed by atoms with Crippen LogP contribution in [0.1, 0.15) is 18.0 Å². The van der Waals surface area contributed by atoms with E-state index in [2.05, 4.69) is 54.6 Å². The second kappa shape index (κ2) is 6.15. The number of rotatable bonds is 4. The maximum Gasteiger partial charge on any atom is 0.0620 e. The smallest absolute Gasteiger partial charge is 0.0620 e. The fraction of sp³-hybridized carbons (Fsp3) is 0.571. The first-order valence-corrected chi connectivity index (χ1v) is 6.30. The van der Waals surface area contributed by atoms with Crippen molar-refractivity contribution in [1.29, 1.82) is 0 Å². The molecule has 3 heteroatoms. The highest BCUT2D eigenvalue weighted by Gasteiger charge is 2.21. The number of nitrogens with zero attached hydrogens (tertiary/aromatic N) is 1. The molecule has 0 amide bonds. The molecule has 0 saturated carbocycles. The van der Waals surface area contributed by atoms with Crippen LogP contribution in [0.3, 0.4) is 0 Å². The van der Waals surface area contributed by atoms with E-state index in [9.17, 15) is 0 Å². The van der Waals surface area contributed by atoms with Crippen molar-refractivity contribution < 1.29 is 4.74 Å². The Balaban J connectivity index is 2.02. The molecule has 94 valence electrons. The van der Waals surface area contributed by atoms with Gasteiger partial charge in [0.1, 0.15) is 0 Å². The number of ether oxygens (including phenoxy) is 1. The van der Waals surface area contributed by atoms with E-state index in [1.807, 2.05) is 0 Å². The zero-order valence-corrected chi connectivity index (χ0v) is 10.7. The maximum absolute atomic E-state index is 5.52. The lowest BCUT2D eigenvalue weighted by molar-refractivity contribution is 0.0648. The first-order chi connectivity index (χ1) is 8.27. The third-order valence-corrected chi connectivity index (χ3v) is 3.31. The molecular formula is C14H22N2O. The van der Waals surface area contributed by atoms with E-state index in [1.54, 1.807) is 0 Å². The average Bonchev–Trinajstić information content (AvgIpc) is 2.38. The SMILES string of the molecule is CN(C)C(CC1COCCN1)c1ccccc1. The Labute approximate surface area is 104 Å². The van der Waals surface area contributed by atoms with E-state index in [1.165, 1.54) is 5.56 Å². The minimum atomic E-state index is 0.454. The molecule has 1 fully saturated rings. The molecule has 2 atom stereocenters. The van der Waals surface area contributed by atoms with Crippen LogP contribution < -0.4 is 5.32 Å². The summed E-state index contributed by atoms with van der Waals surface area (Å²) in [5, 5.41) is 3.52. The van der Waals surface area contributed by atoms with E-state index >= 15 is 0 Å². The Morgan fingerprint density at radius 1 is 1.35 bits per heavy atom. The fourth-order valence-corrected chi connectivity index (χ4v) is 2.36. The van der Waals surface area contributed by atoms with Crippen LogP contribution in [0.15, 0.2) is 30.3 Å². The third kappa shape index (κ3) is 3.53. The molecule has 1 saturated heterocycles. The predicted molar refractivity (Wildman–Crippen MR) is 70.1 cm³/mol. The average molecular weight is 234 g/mol. The van der Waals surface area contributed by atoms with Gasteiger partial charge in [-0.3, -0.25) is 0 Å². The van der Waals surface area contributed by atoms with Crippen LogP contribution in [-0.2, 0) is 4.74 Å². The zero-order chi connectivity index (χ0) is 12.1. The van der Waals surface area contributed by atoms with Crippen LogP contribution in [0.25, 0.3) is 0 Å². The van der Waals surface area contributed by atoms with Crippen molar-refractivity contribution in [2.24, 2.45) is 0 Å². The second-order valence-electron chi connectivity index (χ2n) is 4.85. The molecule has 1 aromatic rings. The van der Waals surface area contributed by atoms with Gasteiger partial charge in [-0.2, -0.15) is 0 Å². The normalized spacial score (nSPS) is 22.6. The Morgan fingerprint density at radius 3 is 2.71 bits per heavy atom. The quantitative estimate of drug-likeness (QED) is 0.857. The minimum absolute atomic E-state index is 0.454. The fourth-order valence-electron chi connectivity index (χ4n) is 2.36. The van der Waals surface area contributed by atoms with Crippen molar-refractivity contribution in [3.05, 3.63) is 35.9 Å². The maximum atomic E-state index is 5.52. The second-order valence-corrected chi connectivity index (χ2v) is 4.85. The highest BCUT2D eigenvalue weighted by atomic mass is 16.5. The number of hydrogen-bond acceptors (Lipinski definition) is 3. The van der Waals surface area contributed by atoms with Gasteiger partial charge in [0.05, 0.1) is 13.2 Å². The number of morpholine rings is 1. The highest BCUT2D eigenvalue weighted by molar-refractivity contribution is 5.19. The number of benzene rings is 1. The Morgan fingerprint density at radius 2 is 2.12 bits per heavy atom. The van der Waals surface area contributed by atoms with Gasteiger partial charge in [0, 0.05) is 18.6 Å². The minimum Gasteiger partial charge on any atom is -0.379 e. The first-order valence-electron chi connectivity index (χ1n) is 6.30. The molecule has 0 aromatic heterocycles. The van der Waals surface area contributed by atoms with E-state index < -0.39 is 0 Å². The van der Waals surface area contributed by atoms with Crippen LogP contribution in [0.5, 0.6) is 0 Å². The first kappa shape index (κ1) is 12.6. The summed E-state index contributed by atoms with van der Waals surface area (Å²) in [5.74, 6) is 0. The number of nitrogens with one attached hydrogen (secondary N) is 1. The third-order valence-electron chi connectivity index (χ3n) is 3.31. The van der Waals surface area contributed by atoms with Crippen LogP contribution in [0.2, 0.25) is 0 Å². The van der Waals surface area contributed by atoms with Crippen molar-refractivity contribution in [2.75, 3.05) is 33.9 Å². The topological polar surface area (TPSA) is 24.5 Å². The van der Waals surface area contributed by atoms with E-state index in [-0.39, 0.29) is 0 Å². The summed E-state index contributed by atoms with van der Waals surface area (Å²) in [6.07, 6.45) is 1.09. The molecule has 2 unspecified atom stereocenters.